The first-order valence-electron chi connectivity index (χ1n) is 5.69. The van der Waals surface area contributed by atoms with Gasteiger partial charge in [0.15, 0.2) is 0 Å². The van der Waals surface area contributed by atoms with Crippen molar-refractivity contribution in [1.82, 2.24) is 0 Å². The van der Waals surface area contributed by atoms with E-state index in [9.17, 15) is 9.90 Å². The summed E-state index contributed by atoms with van der Waals surface area (Å²) in [5, 5.41) is 17.1. The van der Waals surface area contributed by atoms with Crippen LogP contribution in [0.4, 0.5) is 0 Å². The number of hydrogen-bond acceptors (Lipinski definition) is 3. The van der Waals surface area contributed by atoms with Gasteiger partial charge in [0.2, 0.25) is 5.91 Å². The fraction of sp³-hybridized carbons (Fsp3) is 0. The molecule has 0 aliphatic heterocycles. The number of benzene rings is 2. The summed E-state index contributed by atoms with van der Waals surface area (Å²) in [5.41, 5.74) is 5.81. The number of carbonyl (C=O) groups is 1. The van der Waals surface area contributed by atoms with Crippen LogP contribution in [0.25, 0.3) is 0 Å². The molecule has 0 radical (unpaired) electrons. The van der Waals surface area contributed by atoms with E-state index in [2.05, 4.69) is 31.9 Å². The molecule has 0 spiro atoms. The van der Waals surface area contributed by atoms with Crippen molar-refractivity contribution in [1.29, 1.82) is 5.41 Å². The van der Waals surface area contributed by atoms with Crippen molar-refractivity contribution in [3.63, 3.8) is 0 Å². The second-order valence-electron chi connectivity index (χ2n) is 3.99. The van der Waals surface area contributed by atoms with E-state index >= 15 is 0 Å². The zero-order valence-corrected chi connectivity index (χ0v) is 15.6. The smallest absolute Gasteiger partial charge is 0.248 e. The van der Waals surface area contributed by atoms with E-state index in [1.165, 1.54) is 18.2 Å². The third-order valence-corrected chi connectivity index (χ3v) is 3.86. The van der Waals surface area contributed by atoms with Gasteiger partial charge in [-0.25, -0.2) is 0 Å². The molecule has 2 aromatic rings. The lowest BCUT2D eigenvalue weighted by atomic mass is 10.2. The fourth-order valence-electron chi connectivity index (χ4n) is 1.39. The van der Waals surface area contributed by atoms with Crippen LogP contribution < -0.4 is 5.73 Å². The highest BCUT2D eigenvalue weighted by Crippen LogP contribution is 2.30. The number of carbonyl (C=O) groups excluding carboxylic acids is 1. The quantitative estimate of drug-likeness (QED) is 0.541. The van der Waals surface area contributed by atoms with Crippen LogP contribution in [0.15, 0.2) is 39.3 Å². The molecule has 0 aliphatic rings. The zero-order valence-electron chi connectivity index (χ0n) is 10.9. The molecule has 0 aliphatic carbocycles. The van der Waals surface area contributed by atoms with Gasteiger partial charge in [0.1, 0.15) is 5.75 Å². The Morgan fingerprint density at radius 2 is 1.68 bits per heavy atom. The highest BCUT2D eigenvalue weighted by Gasteiger charge is 2.04. The Kier molecular flexibility index (Phi) is 7.35. The van der Waals surface area contributed by atoms with Crippen molar-refractivity contribution >= 4 is 67.2 Å². The normalized spacial score (nSPS) is 9.64. The molecule has 0 bridgehead atoms. The number of phenolic OH excluding ortho intramolecular Hbond substituents is 1. The monoisotopic (exact) mass is 466 g/mol. The molecular formula is C14H10Br2Cl2N2O2. The highest BCUT2D eigenvalue weighted by atomic mass is 79.9. The third kappa shape index (κ3) is 5.61. The number of phenols is 1. The van der Waals surface area contributed by atoms with Gasteiger partial charge >= 0.3 is 0 Å². The molecule has 8 heteroatoms. The number of halogens is 4. The van der Waals surface area contributed by atoms with Crippen LogP contribution in [0.1, 0.15) is 15.9 Å². The van der Waals surface area contributed by atoms with E-state index in [4.69, 9.17) is 34.3 Å². The van der Waals surface area contributed by atoms with E-state index in [1.807, 2.05) is 0 Å². The Morgan fingerprint density at radius 1 is 1.14 bits per heavy atom. The lowest BCUT2D eigenvalue weighted by Crippen LogP contribution is -2.10. The van der Waals surface area contributed by atoms with Crippen LogP contribution in [-0.4, -0.2) is 17.2 Å². The topological polar surface area (TPSA) is 87.2 Å². The maximum atomic E-state index is 10.6. The molecule has 116 valence electrons. The van der Waals surface area contributed by atoms with Crippen LogP contribution >= 0.6 is 55.1 Å². The van der Waals surface area contributed by atoms with Crippen molar-refractivity contribution < 1.29 is 9.90 Å². The predicted molar refractivity (Wildman–Crippen MR) is 96.4 cm³/mol. The molecule has 22 heavy (non-hydrogen) atoms. The van der Waals surface area contributed by atoms with Crippen molar-refractivity contribution in [3.8, 4) is 5.75 Å². The number of amides is 1. The van der Waals surface area contributed by atoms with Crippen LogP contribution in [0, 0.1) is 5.41 Å². The number of aromatic hydroxyl groups is 1. The summed E-state index contributed by atoms with van der Waals surface area (Å²) in [7, 11) is 0. The van der Waals surface area contributed by atoms with E-state index in [-0.39, 0.29) is 5.75 Å². The lowest BCUT2D eigenvalue weighted by Gasteiger charge is -2.01. The minimum absolute atomic E-state index is 0.100. The van der Waals surface area contributed by atoms with Gasteiger partial charge in [0.05, 0.1) is 4.47 Å². The van der Waals surface area contributed by atoms with Gasteiger partial charge in [-0.3, -0.25) is 4.79 Å². The zero-order chi connectivity index (χ0) is 16.9. The lowest BCUT2D eigenvalue weighted by molar-refractivity contribution is 0.100. The summed E-state index contributed by atoms with van der Waals surface area (Å²) >= 11 is 17.6. The van der Waals surface area contributed by atoms with Gasteiger partial charge in [-0.15, -0.1) is 0 Å². The largest absolute Gasteiger partial charge is 0.506 e. The first kappa shape index (κ1) is 19.0. The van der Waals surface area contributed by atoms with Crippen LogP contribution in [0.2, 0.25) is 10.0 Å². The molecule has 1 amide bonds. The van der Waals surface area contributed by atoms with Crippen molar-refractivity contribution in [2.75, 3.05) is 0 Å². The fourth-order valence-corrected chi connectivity index (χ4v) is 3.18. The SMILES string of the molecule is N=Cc1cc(Br)cc(Br)c1O.NC(=O)c1cc(Cl)cc(Cl)c1. The van der Waals surface area contributed by atoms with Gasteiger partial charge < -0.3 is 16.2 Å². The van der Waals surface area contributed by atoms with Crippen molar-refractivity contribution in [3.05, 3.63) is 60.4 Å². The second-order valence-corrected chi connectivity index (χ2v) is 6.64. The first-order valence-corrected chi connectivity index (χ1v) is 8.03. The molecular weight excluding hydrogens is 459 g/mol. The van der Waals surface area contributed by atoms with Gasteiger partial charge in [0.25, 0.3) is 0 Å². The Bertz CT molecular complexity index is 704. The number of primary amides is 1. The number of rotatable bonds is 2. The molecule has 0 saturated carbocycles. The number of nitrogens with two attached hydrogens (primary N) is 1. The molecule has 0 unspecified atom stereocenters. The van der Waals surface area contributed by atoms with Crippen LogP contribution in [0.5, 0.6) is 5.75 Å². The average Bonchev–Trinajstić information content (AvgIpc) is 2.42. The molecule has 0 atom stereocenters. The Hall–Kier alpha value is -1.08. The maximum Gasteiger partial charge on any atom is 0.248 e. The third-order valence-electron chi connectivity index (χ3n) is 2.36. The molecule has 0 saturated heterocycles. The van der Waals surface area contributed by atoms with Gasteiger partial charge in [-0.1, -0.05) is 39.1 Å². The summed E-state index contributed by atoms with van der Waals surface area (Å²) in [6, 6.07) is 7.87. The summed E-state index contributed by atoms with van der Waals surface area (Å²) < 4.78 is 1.42. The van der Waals surface area contributed by atoms with E-state index in [0.29, 0.717) is 25.6 Å². The summed E-state index contributed by atoms with van der Waals surface area (Å²) in [4.78, 5) is 10.6. The molecule has 2 aromatic carbocycles. The maximum absolute atomic E-state index is 10.6. The predicted octanol–water partition coefficient (Wildman–Crippen LogP) is 5.01. The summed E-state index contributed by atoms with van der Waals surface area (Å²) in [6.45, 7) is 0. The van der Waals surface area contributed by atoms with Crippen LogP contribution in [0.3, 0.4) is 0 Å². The molecule has 0 heterocycles. The van der Waals surface area contributed by atoms with Gasteiger partial charge in [-0.05, 0) is 46.3 Å². The Labute approximate surface area is 154 Å². The summed E-state index contributed by atoms with van der Waals surface area (Å²) in [5.74, 6) is -0.433. The van der Waals surface area contributed by atoms with Gasteiger partial charge in [0, 0.05) is 31.9 Å². The molecule has 4 nitrogen and oxygen atoms in total. The average molecular weight is 469 g/mol. The molecule has 0 fully saturated rings. The Balaban J connectivity index is 0.000000220. The number of nitrogens with one attached hydrogen (secondary N) is 1. The van der Waals surface area contributed by atoms with Crippen molar-refractivity contribution in [2.24, 2.45) is 5.73 Å². The van der Waals surface area contributed by atoms with E-state index in [0.717, 1.165) is 10.7 Å². The first-order chi connectivity index (χ1) is 10.2. The van der Waals surface area contributed by atoms with E-state index < -0.39 is 5.91 Å². The summed E-state index contributed by atoms with van der Waals surface area (Å²) in [6.07, 6.45) is 1.10. The standard InChI is InChI=1S/C7H5Br2NO.C7H5Cl2NO/c8-5-1-4(3-10)7(11)6(9)2-5;8-5-1-4(7(10)11)2-6(9)3-5/h1-3,10-11H;1-3H,(H2,10,11). The number of hydrogen-bond donors (Lipinski definition) is 3. The molecule has 2 rings (SSSR count). The second kappa shape index (κ2) is 8.53. The van der Waals surface area contributed by atoms with Gasteiger partial charge in [-0.2, -0.15) is 0 Å². The highest BCUT2D eigenvalue weighted by molar-refractivity contribution is 9.11. The minimum Gasteiger partial charge on any atom is -0.506 e. The Morgan fingerprint density at radius 3 is 2.14 bits per heavy atom. The minimum atomic E-state index is -0.533. The molecule has 4 N–H and O–H groups in total. The van der Waals surface area contributed by atoms with Crippen LogP contribution in [-0.2, 0) is 0 Å². The van der Waals surface area contributed by atoms with Crippen molar-refractivity contribution in [2.45, 2.75) is 0 Å². The molecule has 0 aromatic heterocycles. The van der Waals surface area contributed by atoms with E-state index in [1.54, 1.807) is 12.1 Å².